The highest BCUT2D eigenvalue weighted by atomic mass is 32.2. The molecule has 0 bridgehead atoms. The van der Waals surface area contributed by atoms with Gasteiger partial charge in [0.15, 0.2) is 0 Å². The molecule has 2 heterocycles. The Morgan fingerprint density at radius 1 is 1.29 bits per heavy atom. The number of nitrogens with zero attached hydrogens (tertiary/aromatic N) is 3. The van der Waals surface area contributed by atoms with Crippen LogP contribution >= 0.6 is 11.8 Å². The van der Waals surface area contributed by atoms with Gasteiger partial charge in [-0.3, -0.25) is 4.90 Å². The molecule has 1 aromatic rings. The molecule has 4 heteroatoms. The van der Waals surface area contributed by atoms with Gasteiger partial charge in [-0.1, -0.05) is 13.0 Å². The van der Waals surface area contributed by atoms with Crippen LogP contribution in [0.25, 0.3) is 0 Å². The van der Waals surface area contributed by atoms with E-state index in [0.29, 0.717) is 6.04 Å². The van der Waals surface area contributed by atoms with Gasteiger partial charge in [0.05, 0.1) is 11.3 Å². The zero-order chi connectivity index (χ0) is 14.7. The monoisotopic (exact) mass is 301 g/mol. The fraction of sp³-hybridized carbons (Fsp3) is 0.588. The van der Waals surface area contributed by atoms with Crippen LogP contribution in [0, 0.1) is 11.3 Å². The second-order valence-corrected chi connectivity index (χ2v) is 7.13. The Balaban J connectivity index is 1.88. The summed E-state index contributed by atoms with van der Waals surface area (Å²) in [6.45, 7) is 6.76. The average Bonchev–Trinajstić information content (AvgIpc) is 2.84. The normalized spacial score (nSPS) is 22.7. The highest BCUT2D eigenvalue weighted by Crippen LogP contribution is 2.32. The van der Waals surface area contributed by atoms with Gasteiger partial charge >= 0.3 is 0 Å². The second-order valence-electron chi connectivity index (χ2n) is 5.83. The number of nitriles is 1. The number of fused-ring (bicyclic) bond motifs is 1. The highest BCUT2D eigenvalue weighted by molar-refractivity contribution is 7.99. The molecule has 0 radical (unpaired) electrons. The molecule has 2 fully saturated rings. The second kappa shape index (κ2) is 6.72. The molecule has 0 spiro atoms. The number of thioether (sulfide) groups is 1. The number of anilines is 1. The van der Waals surface area contributed by atoms with Gasteiger partial charge in [-0.15, -0.1) is 11.8 Å². The van der Waals surface area contributed by atoms with Crippen molar-refractivity contribution in [2.75, 3.05) is 36.8 Å². The van der Waals surface area contributed by atoms with Gasteiger partial charge in [0, 0.05) is 30.6 Å². The molecule has 2 aliphatic heterocycles. The van der Waals surface area contributed by atoms with Crippen LogP contribution in [-0.4, -0.2) is 42.9 Å². The van der Waals surface area contributed by atoms with E-state index in [1.807, 2.05) is 0 Å². The molecule has 0 N–H and O–H groups in total. The Kier molecular flexibility index (Phi) is 4.72. The van der Waals surface area contributed by atoms with E-state index < -0.39 is 0 Å². The van der Waals surface area contributed by atoms with E-state index in [1.54, 1.807) is 11.8 Å². The lowest BCUT2D eigenvalue weighted by Gasteiger charge is -2.28. The standard InChI is InChI=1S/C17H23N3S/c1-2-21-17-8-3-7-16(15(17)12-18)20-11-5-10-19-9-4-6-14(19)13-20/h3,7-8,14H,2,4-6,9-11,13H2,1H3. The van der Waals surface area contributed by atoms with Crippen LogP contribution in [0.2, 0.25) is 0 Å². The summed E-state index contributed by atoms with van der Waals surface area (Å²) < 4.78 is 0. The lowest BCUT2D eigenvalue weighted by atomic mass is 10.1. The van der Waals surface area contributed by atoms with Crippen LogP contribution in [0.3, 0.4) is 0 Å². The van der Waals surface area contributed by atoms with E-state index in [0.717, 1.165) is 35.0 Å². The van der Waals surface area contributed by atoms with Crippen LogP contribution in [-0.2, 0) is 0 Å². The lowest BCUT2D eigenvalue weighted by Crippen LogP contribution is -2.36. The summed E-state index contributed by atoms with van der Waals surface area (Å²) in [5.74, 6) is 1.01. The molecule has 21 heavy (non-hydrogen) atoms. The third-order valence-corrected chi connectivity index (χ3v) is 5.50. The molecule has 0 amide bonds. The maximum atomic E-state index is 9.61. The van der Waals surface area contributed by atoms with Crippen molar-refractivity contribution in [2.45, 2.75) is 37.1 Å². The van der Waals surface area contributed by atoms with Gasteiger partial charge in [-0.05, 0) is 43.7 Å². The SMILES string of the molecule is CCSc1cccc(N2CCCN3CCCC3C2)c1C#N. The van der Waals surface area contributed by atoms with Crippen molar-refractivity contribution < 1.29 is 0 Å². The fourth-order valence-electron chi connectivity index (χ4n) is 3.60. The van der Waals surface area contributed by atoms with E-state index in [4.69, 9.17) is 0 Å². The molecular weight excluding hydrogens is 278 g/mol. The minimum Gasteiger partial charge on any atom is -0.369 e. The van der Waals surface area contributed by atoms with Crippen LogP contribution in [0.15, 0.2) is 23.1 Å². The first-order chi connectivity index (χ1) is 10.3. The Morgan fingerprint density at radius 3 is 2.95 bits per heavy atom. The van der Waals surface area contributed by atoms with Crippen LogP contribution in [0.4, 0.5) is 5.69 Å². The molecule has 1 aromatic carbocycles. The van der Waals surface area contributed by atoms with E-state index in [2.05, 4.69) is 41.0 Å². The maximum Gasteiger partial charge on any atom is 0.103 e. The van der Waals surface area contributed by atoms with Crippen molar-refractivity contribution in [3.8, 4) is 6.07 Å². The molecule has 1 unspecified atom stereocenters. The number of benzene rings is 1. The Morgan fingerprint density at radius 2 is 2.14 bits per heavy atom. The summed E-state index contributed by atoms with van der Waals surface area (Å²) in [7, 11) is 0. The van der Waals surface area contributed by atoms with Crippen molar-refractivity contribution in [3.63, 3.8) is 0 Å². The summed E-state index contributed by atoms with van der Waals surface area (Å²) in [5.41, 5.74) is 2.01. The van der Waals surface area contributed by atoms with Crippen molar-refractivity contribution >= 4 is 17.4 Å². The molecule has 2 aliphatic rings. The Bertz CT molecular complexity index is 537. The van der Waals surface area contributed by atoms with E-state index in [9.17, 15) is 5.26 Å². The van der Waals surface area contributed by atoms with Gasteiger partial charge in [-0.2, -0.15) is 5.26 Å². The molecule has 0 aromatic heterocycles. The van der Waals surface area contributed by atoms with E-state index in [-0.39, 0.29) is 0 Å². The zero-order valence-corrected chi connectivity index (χ0v) is 13.5. The van der Waals surface area contributed by atoms with Gasteiger partial charge in [0.1, 0.15) is 6.07 Å². The summed E-state index contributed by atoms with van der Waals surface area (Å²) in [6, 6.07) is 9.44. The molecule has 112 valence electrons. The average molecular weight is 301 g/mol. The smallest absolute Gasteiger partial charge is 0.103 e. The largest absolute Gasteiger partial charge is 0.369 e. The van der Waals surface area contributed by atoms with Crippen LogP contribution < -0.4 is 4.90 Å². The first-order valence-electron chi connectivity index (χ1n) is 7.98. The molecule has 3 rings (SSSR count). The zero-order valence-electron chi connectivity index (χ0n) is 12.7. The maximum absolute atomic E-state index is 9.61. The minimum atomic E-state index is 0.682. The summed E-state index contributed by atoms with van der Waals surface area (Å²) in [6.07, 6.45) is 3.84. The van der Waals surface area contributed by atoms with E-state index in [1.165, 1.54) is 32.4 Å². The van der Waals surface area contributed by atoms with Gasteiger partial charge in [0.2, 0.25) is 0 Å². The van der Waals surface area contributed by atoms with Gasteiger partial charge < -0.3 is 4.90 Å². The molecule has 0 saturated carbocycles. The predicted octanol–water partition coefficient (Wildman–Crippen LogP) is 3.34. The van der Waals surface area contributed by atoms with Crippen molar-refractivity contribution in [1.82, 2.24) is 4.90 Å². The number of hydrogen-bond acceptors (Lipinski definition) is 4. The van der Waals surface area contributed by atoms with Crippen LogP contribution in [0.5, 0.6) is 0 Å². The van der Waals surface area contributed by atoms with Crippen LogP contribution in [0.1, 0.15) is 31.7 Å². The fourth-order valence-corrected chi connectivity index (χ4v) is 4.38. The van der Waals surface area contributed by atoms with Crippen molar-refractivity contribution in [1.29, 1.82) is 5.26 Å². The Labute approximate surface area is 131 Å². The topological polar surface area (TPSA) is 30.3 Å². The summed E-state index contributed by atoms with van der Waals surface area (Å²) in [4.78, 5) is 6.22. The van der Waals surface area contributed by atoms with Gasteiger partial charge in [-0.25, -0.2) is 0 Å². The Hall–Kier alpha value is -1.18. The molecular formula is C17H23N3S. The first kappa shape index (κ1) is 14.7. The third kappa shape index (κ3) is 3.04. The summed E-state index contributed by atoms with van der Waals surface area (Å²) in [5, 5.41) is 9.61. The highest BCUT2D eigenvalue weighted by Gasteiger charge is 2.29. The van der Waals surface area contributed by atoms with Crippen molar-refractivity contribution in [2.24, 2.45) is 0 Å². The number of rotatable bonds is 3. The summed E-state index contributed by atoms with van der Waals surface area (Å²) >= 11 is 1.77. The molecule has 3 nitrogen and oxygen atoms in total. The quantitative estimate of drug-likeness (QED) is 0.801. The van der Waals surface area contributed by atoms with Crippen molar-refractivity contribution in [3.05, 3.63) is 23.8 Å². The van der Waals surface area contributed by atoms with Gasteiger partial charge in [0.25, 0.3) is 0 Å². The van der Waals surface area contributed by atoms with E-state index >= 15 is 0 Å². The predicted molar refractivity (Wildman–Crippen MR) is 89.0 cm³/mol. The third-order valence-electron chi connectivity index (χ3n) is 4.56. The molecule has 0 aliphatic carbocycles. The first-order valence-corrected chi connectivity index (χ1v) is 8.97. The molecule has 2 saturated heterocycles. The number of hydrogen-bond donors (Lipinski definition) is 0. The lowest BCUT2D eigenvalue weighted by molar-refractivity contribution is 0.273. The minimum absolute atomic E-state index is 0.682. The molecule has 1 atom stereocenters.